The number of hydrogen-bond acceptors (Lipinski definition) is 5. The van der Waals surface area contributed by atoms with E-state index in [4.69, 9.17) is 4.74 Å². The van der Waals surface area contributed by atoms with E-state index in [0.717, 1.165) is 74.6 Å². The number of carbonyl (C=O) groups is 1. The van der Waals surface area contributed by atoms with Gasteiger partial charge >= 0.3 is 0 Å². The number of H-pyrrole nitrogens is 1. The molecule has 1 fully saturated rings. The first kappa shape index (κ1) is 31.0. The highest BCUT2D eigenvalue weighted by molar-refractivity contribution is 6.03. The summed E-state index contributed by atoms with van der Waals surface area (Å²) in [6.07, 6.45) is 22.6. The van der Waals surface area contributed by atoms with Gasteiger partial charge in [0, 0.05) is 24.0 Å². The SMILES string of the molecule is CCCN(C)CCCCCCOC1C=CC2=C(CCC[C@H](C(=O)c3cc4c(CC5CCCC5)n[nH]c4cc3O)CC2)C1. The number of rotatable bonds is 14. The van der Waals surface area contributed by atoms with Crippen molar-refractivity contribution in [3.05, 3.63) is 46.7 Å². The van der Waals surface area contributed by atoms with Crippen LogP contribution in [0.25, 0.3) is 10.9 Å². The zero-order chi connectivity index (χ0) is 29.3. The van der Waals surface area contributed by atoms with Crippen molar-refractivity contribution in [2.75, 3.05) is 26.7 Å². The molecule has 2 atom stereocenters. The number of benzene rings is 1. The molecule has 0 radical (unpaired) electrons. The average Bonchev–Trinajstić information content (AvgIpc) is 3.62. The van der Waals surface area contributed by atoms with Crippen LogP contribution in [-0.4, -0.2) is 58.8 Å². The van der Waals surface area contributed by atoms with Crippen LogP contribution in [0, 0.1) is 11.8 Å². The summed E-state index contributed by atoms with van der Waals surface area (Å²) in [7, 11) is 2.22. The molecule has 1 saturated carbocycles. The molecule has 0 saturated heterocycles. The zero-order valence-corrected chi connectivity index (χ0v) is 26.1. The second-order valence-corrected chi connectivity index (χ2v) is 13.3. The molecule has 0 spiro atoms. The first-order chi connectivity index (χ1) is 20.5. The molecule has 0 aliphatic heterocycles. The lowest BCUT2D eigenvalue weighted by molar-refractivity contribution is 0.0796. The maximum atomic E-state index is 13.7. The fourth-order valence-electron chi connectivity index (χ4n) is 7.45. The molecule has 0 amide bonds. The molecule has 1 aromatic carbocycles. The molecular weight excluding hydrogens is 522 g/mol. The second-order valence-electron chi connectivity index (χ2n) is 13.3. The normalized spacial score (nSPS) is 21.7. The molecule has 1 heterocycles. The molecule has 3 aliphatic rings. The van der Waals surface area contributed by atoms with Crippen LogP contribution in [0.15, 0.2) is 35.4 Å². The third-order valence-corrected chi connectivity index (χ3v) is 9.93. The summed E-state index contributed by atoms with van der Waals surface area (Å²) >= 11 is 0. The Balaban J connectivity index is 1.10. The van der Waals surface area contributed by atoms with Crippen molar-refractivity contribution >= 4 is 16.7 Å². The van der Waals surface area contributed by atoms with Gasteiger partial charge in [0.05, 0.1) is 22.9 Å². The minimum atomic E-state index is -0.0586. The summed E-state index contributed by atoms with van der Waals surface area (Å²) in [6.45, 7) is 5.47. The quantitative estimate of drug-likeness (QED) is 0.175. The van der Waals surface area contributed by atoms with Gasteiger partial charge in [-0.05, 0) is 102 Å². The van der Waals surface area contributed by atoms with E-state index in [9.17, 15) is 9.90 Å². The Labute approximate surface area is 253 Å². The van der Waals surface area contributed by atoms with Gasteiger partial charge in [0.1, 0.15) is 5.75 Å². The van der Waals surface area contributed by atoms with E-state index >= 15 is 0 Å². The van der Waals surface area contributed by atoms with Gasteiger partial charge in [0.25, 0.3) is 0 Å². The van der Waals surface area contributed by atoms with Gasteiger partial charge in [-0.2, -0.15) is 5.10 Å². The molecule has 2 N–H and O–H groups in total. The van der Waals surface area contributed by atoms with Crippen LogP contribution in [-0.2, 0) is 11.2 Å². The summed E-state index contributed by atoms with van der Waals surface area (Å²) in [5.41, 5.74) is 5.25. The van der Waals surface area contributed by atoms with E-state index in [1.165, 1.54) is 75.6 Å². The van der Waals surface area contributed by atoms with E-state index < -0.39 is 0 Å². The number of allylic oxidation sites excluding steroid dienone is 2. The topological polar surface area (TPSA) is 78.5 Å². The van der Waals surface area contributed by atoms with Crippen molar-refractivity contribution in [2.24, 2.45) is 11.8 Å². The third kappa shape index (κ3) is 8.13. The lowest BCUT2D eigenvalue weighted by atomic mass is 9.80. The van der Waals surface area contributed by atoms with Gasteiger partial charge in [-0.3, -0.25) is 9.89 Å². The van der Waals surface area contributed by atoms with Crippen molar-refractivity contribution in [3.8, 4) is 5.75 Å². The van der Waals surface area contributed by atoms with Crippen LogP contribution < -0.4 is 0 Å². The monoisotopic (exact) mass is 575 g/mol. The van der Waals surface area contributed by atoms with Crippen LogP contribution >= 0.6 is 0 Å². The Kier molecular flexibility index (Phi) is 11.3. The molecule has 42 heavy (non-hydrogen) atoms. The van der Waals surface area contributed by atoms with Crippen LogP contribution in [0.5, 0.6) is 5.75 Å². The summed E-state index contributed by atoms with van der Waals surface area (Å²) in [6, 6.07) is 3.62. The van der Waals surface area contributed by atoms with E-state index in [-0.39, 0.29) is 23.6 Å². The van der Waals surface area contributed by atoms with Crippen molar-refractivity contribution in [1.82, 2.24) is 15.1 Å². The van der Waals surface area contributed by atoms with Crippen molar-refractivity contribution < 1.29 is 14.6 Å². The predicted molar refractivity (Wildman–Crippen MR) is 171 cm³/mol. The molecule has 2 aromatic rings. The van der Waals surface area contributed by atoms with Gasteiger partial charge in [0.2, 0.25) is 0 Å². The number of Topliss-reactive ketones (excluding diaryl/α,β-unsaturated/α-hetero) is 1. The highest BCUT2D eigenvalue weighted by Gasteiger charge is 2.28. The molecule has 230 valence electrons. The average molecular weight is 576 g/mol. The molecular formula is C36H53N3O3. The number of hydrogen-bond donors (Lipinski definition) is 2. The number of fused-ring (bicyclic) bond motifs is 1. The number of phenolic OH excluding ortho intramolecular Hbond substituents is 1. The standard InChI is InChI=1S/C36H53N3O3/c1-3-19-39(2)20-8-4-5-9-21-42-30-18-17-27-15-16-28(13-10-14-29(27)23-30)36(41)32-24-31-33(22-26-11-6-7-12-26)37-38-34(31)25-35(32)40/h17-18,24-26,28,30,40H,3-16,19-23H2,1-2H3,(H,37,38)/t28-,30?/m0/s1. The van der Waals surface area contributed by atoms with Gasteiger partial charge in [-0.15, -0.1) is 0 Å². The summed E-state index contributed by atoms with van der Waals surface area (Å²) < 4.78 is 6.26. The molecule has 1 aromatic heterocycles. The maximum absolute atomic E-state index is 13.7. The van der Waals surface area contributed by atoms with Gasteiger partial charge in [0.15, 0.2) is 5.78 Å². The lowest BCUT2D eigenvalue weighted by Gasteiger charge is -2.27. The summed E-state index contributed by atoms with van der Waals surface area (Å²) in [5.74, 6) is 0.784. The van der Waals surface area contributed by atoms with Gasteiger partial charge in [-0.1, -0.05) is 63.2 Å². The lowest BCUT2D eigenvalue weighted by Crippen LogP contribution is -2.20. The molecule has 5 rings (SSSR count). The van der Waals surface area contributed by atoms with Crippen LogP contribution in [0.2, 0.25) is 0 Å². The number of carbonyl (C=O) groups excluding carboxylic acids is 1. The molecule has 3 aliphatic carbocycles. The second kappa shape index (κ2) is 15.3. The Morgan fingerprint density at radius 3 is 2.71 bits per heavy atom. The number of ketones is 1. The van der Waals surface area contributed by atoms with Crippen molar-refractivity contribution in [1.29, 1.82) is 0 Å². The first-order valence-electron chi connectivity index (χ1n) is 16.9. The minimum absolute atomic E-state index is 0.0586. The highest BCUT2D eigenvalue weighted by Crippen LogP contribution is 2.37. The summed E-state index contributed by atoms with van der Waals surface area (Å²) in [4.78, 5) is 16.2. The summed E-state index contributed by atoms with van der Waals surface area (Å²) in [5, 5.41) is 19.5. The van der Waals surface area contributed by atoms with E-state index in [0.29, 0.717) is 11.5 Å². The Morgan fingerprint density at radius 1 is 1.05 bits per heavy atom. The number of phenols is 1. The maximum Gasteiger partial charge on any atom is 0.169 e. The fraction of sp³-hybridized carbons (Fsp3) is 0.667. The number of unbranched alkanes of at least 4 members (excludes halogenated alkanes) is 3. The zero-order valence-electron chi connectivity index (χ0n) is 26.1. The number of nitrogens with one attached hydrogen (secondary N) is 1. The fourth-order valence-corrected chi connectivity index (χ4v) is 7.45. The smallest absolute Gasteiger partial charge is 0.169 e. The number of aromatic nitrogens is 2. The number of nitrogens with zero attached hydrogens (tertiary/aromatic N) is 2. The van der Waals surface area contributed by atoms with Crippen LogP contribution in [0.3, 0.4) is 0 Å². The van der Waals surface area contributed by atoms with Gasteiger partial charge in [-0.25, -0.2) is 0 Å². The molecule has 0 bridgehead atoms. The largest absolute Gasteiger partial charge is 0.507 e. The van der Waals surface area contributed by atoms with Crippen molar-refractivity contribution in [2.45, 2.75) is 116 Å². The van der Waals surface area contributed by atoms with Crippen molar-refractivity contribution in [3.63, 3.8) is 0 Å². The van der Waals surface area contributed by atoms with E-state index in [1.807, 2.05) is 6.07 Å². The number of aromatic hydroxyl groups is 1. The molecule has 6 heteroatoms. The minimum Gasteiger partial charge on any atom is -0.507 e. The van der Waals surface area contributed by atoms with E-state index in [2.05, 4.69) is 41.2 Å². The molecule has 6 nitrogen and oxygen atoms in total. The Hall–Kier alpha value is -2.44. The number of aromatic amines is 1. The first-order valence-corrected chi connectivity index (χ1v) is 16.9. The van der Waals surface area contributed by atoms with Crippen LogP contribution in [0.4, 0.5) is 0 Å². The third-order valence-electron chi connectivity index (χ3n) is 9.93. The molecule has 1 unspecified atom stereocenters. The van der Waals surface area contributed by atoms with Gasteiger partial charge < -0.3 is 14.7 Å². The predicted octanol–water partition coefficient (Wildman–Crippen LogP) is 8.31. The number of ether oxygens (including phenoxy) is 1. The van der Waals surface area contributed by atoms with Crippen LogP contribution in [0.1, 0.15) is 119 Å². The van der Waals surface area contributed by atoms with E-state index in [1.54, 1.807) is 6.07 Å². The highest BCUT2D eigenvalue weighted by atomic mass is 16.5. The Morgan fingerprint density at radius 2 is 1.88 bits per heavy atom. The Bertz CT molecular complexity index is 1240.